The van der Waals surface area contributed by atoms with Crippen LogP contribution in [-0.2, 0) is 36.8 Å². The summed E-state index contributed by atoms with van der Waals surface area (Å²) in [6, 6.07) is 18.7. The molecule has 0 aliphatic heterocycles. The zero-order valence-corrected chi connectivity index (χ0v) is 61.9. The van der Waals surface area contributed by atoms with Crippen LogP contribution in [0.15, 0.2) is 79.1 Å². The Balaban J connectivity index is 0.0000225. The second-order valence-electron chi connectivity index (χ2n) is 26.1. The molecule has 1 N–H and O–H groups in total. The third-order valence-electron chi connectivity index (χ3n) is 18.9. The topological polar surface area (TPSA) is 362 Å². The number of halogens is 1. The fourth-order valence-corrected chi connectivity index (χ4v) is 12.6. The van der Waals surface area contributed by atoms with E-state index in [2.05, 4.69) is 121 Å². The van der Waals surface area contributed by atoms with Gasteiger partial charge in [-0.05, 0) is 99.4 Å². The number of hydrogen-bond acceptors (Lipinski definition) is 18. The molecule has 28 nitrogen and oxygen atoms in total. The van der Waals surface area contributed by atoms with E-state index < -0.39 is 99.2 Å². The lowest BCUT2D eigenvalue weighted by atomic mass is 9.99. The van der Waals surface area contributed by atoms with Crippen molar-refractivity contribution in [2.75, 3.05) is 77.6 Å². The van der Waals surface area contributed by atoms with Crippen molar-refractivity contribution in [2.24, 2.45) is 0 Å². The highest BCUT2D eigenvalue weighted by Gasteiger charge is 2.35. The van der Waals surface area contributed by atoms with Crippen LogP contribution in [0, 0.1) is 60.7 Å². The summed E-state index contributed by atoms with van der Waals surface area (Å²) < 4.78 is 14.3. The molecule has 103 heavy (non-hydrogen) atoms. The van der Waals surface area contributed by atoms with Crippen LogP contribution in [0.2, 0.25) is 0 Å². The second-order valence-corrected chi connectivity index (χ2v) is 26.1. The van der Waals surface area contributed by atoms with E-state index in [0.717, 1.165) is 83.7 Å². The molecule has 0 aliphatic rings. The van der Waals surface area contributed by atoms with E-state index >= 15 is 0 Å². The van der Waals surface area contributed by atoms with Gasteiger partial charge in [-0.1, -0.05) is 133 Å². The summed E-state index contributed by atoms with van der Waals surface area (Å²) in [5.74, 6) is -0.449. The van der Waals surface area contributed by atoms with Gasteiger partial charge in [0.05, 0.1) is 93.6 Å². The standard InChI is InChI=1S/C74H103N11O17.BrH/c1-5-85(6-2,7-3)48-29-45-78-46-41-58(42-47-78)33-34-59-35-36-61-53-62(38-37-60(61)52-59)77(4)44-27-23-19-15-10-8-9-12-16-20-24-30-64(86)31-25-21-17-13-11-14-18-22-26-43-75-71(88)57-102-51-50-101-49-28-32-65(87)39-40-66-67(80(91)92)56-70(83(97)98)73(74(66)84(99)100)76-72-68(81(93)94)54-63(79(89)90)55-69(72)82(95)96;/h33-38,41-42,46-47,52-56H,5-32,39-40,43-45,48-51,57H2,1-4H3;1H. The zero-order chi connectivity index (χ0) is 74.2. The molecule has 0 unspecified atom stereocenters. The quantitative estimate of drug-likeness (QED) is 0.0124. The number of quaternary nitrogens is 1. The number of fused-ring (bicyclic) bond motifs is 1. The third-order valence-corrected chi connectivity index (χ3v) is 18.9. The summed E-state index contributed by atoms with van der Waals surface area (Å²) in [7, 11) is 2.21. The van der Waals surface area contributed by atoms with E-state index in [1.54, 1.807) is 0 Å². The molecular weight excluding hydrogens is 1390 g/mol. The first-order chi connectivity index (χ1) is 49.1. The van der Waals surface area contributed by atoms with Crippen LogP contribution in [0.1, 0.15) is 204 Å². The Morgan fingerprint density at radius 1 is 0.505 bits per heavy atom. The number of carbonyl (C=O) groups excluding carboxylic acids is 3. The number of pyridine rings is 1. The number of rotatable bonds is 56. The summed E-state index contributed by atoms with van der Waals surface area (Å²) >= 11 is 0. The molecule has 0 saturated heterocycles. The Kier molecular flexibility index (Phi) is 39.9. The lowest BCUT2D eigenvalue weighted by molar-refractivity contribution is -0.925. The van der Waals surface area contributed by atoms with Gasteiger partial charge in [0.2, 0.25) is 5.91 Å². The smallest absolute Gasteiger partial charge is 0.286 e. The van der Waals surface area contributed by atoms with Crippen LogP contribution in [0.5, 0.6) is 0 Å². The number of Topliss-reactive ketones (excluding diaryl/α,β-unsaturated/α-hetero) is 2. The van der Waals surface area contributed by atoms with E-state index in [0.29, 0.717) is 25.2 Å². The second kappa shape index (κ2) is 47.5. The molecule has 4 aromatic carbocycles. The molecule has 0 atom stereocenters. The minimum absolute atomic E-state index is 0. The minimum atomic E-state index is -1.45. The number of anilines is 1. The fourth-order valence-electron chi connectivity index (χ4n) is 12.6. The predicted molar refractivity (Wildman–Crippen MR) is 393 cm³/mol. The summed E-state index contributed by atoms with van der Waals surface area (Å²) in [5.41, 5.74) is -7.98. The highest BCUT2D eigenvalue weighted by atomic mass is 79.9. The number of nitrogens with one attached hydrogen (secondary N) is 1. The number of ether oxygens (including phenoxy) is 2. The number of benzene rings is 4. The van der Waals surface area contributed by atoms with Crippen molar-refractivity contribution in [3.63, 3.8) is 0 Å². The first kappa shape index (κ1) is 86.6. The Bertz CT molecular complexity index is 3570. The Labute approximate surface area is 613 Å². The summed E-state index contributed by atoms with van der Waals surface area (Å²) in [4.78, 5) is 104. The molecular formula is C74H104BrN11O17. The SMILES string of the molecule is CC[N+](CC)(CC)CCC[n+]1ccc(/C=C/c2ccc3cc(N(C)CCCCCCCCCCCCCC(=O)CCCCCCCCCCCNC(=O)COCCOCCCC(=O)CCc4c([N+](=O)[O-])cc([N+](=O)[O-])c([N-]c5c([N+](=O)[O-])cc([N+](=O)[O-])cc5[N+](=O)[O-])c4[N+](=O)[O-])ccc3c2)cc1.[Br-]. The van der Waals surface area contributed by atoms with Crippen LogP contribution in [0.25, 0.3) is 28.2 Å². The van der Waals surface area contributed by atoms with Gasteiger partial charge >= 0.3 is 0 Å². The number of amides is 1. The molecule has 1 amide bonds. The van der Waals surface area contributed by atoms with E-state index in [1.165, 1.54) is 122 Å². The maximum absolute atomic E-state index is 12.8. The van der Waals surface area contributed by atoms with Gasteiger partial charge in [-0.25, -0.2) is 4.57 Å². The van der Waals surface area contributed by atoms with E-state index in [1.807, 2.05) is 0 Å². The highest BCUT2D eigenvalue weighted by molar-refractivity contribution is 5.94. The number of ketones is 2. The Hall–Kier alpha value is -8.80. The Morgan fingerprint density at radius 3 is 1.53 bits per heavy atom. The minimum Gasteiger partial charge on any atom is -1.00 e. The van der Waals surface area contributed by atoms with Gasteiger partial charge in [-0.15, -0.1) is 0 Å². The molecule has 1 aromatic heterocycles. The van der Waals surface area contributed by atoms with Crippen molar-refractivity contribution >= 4 is 91.6 Å². The first-order valence-electron chi connectivity index (χ1n) is 36.3. The van der Waals surface area contributed by atoms with E-state index in [-0.39, 0.29) is 80.4 Å². The number of aryl methyl sites for hydroxylation is 1. The van der Waals surface area contributed by atoms with Crippen LogP contribution in [0.3, 0.4) is 0 Å². The third kappa shape index (κ3) is 30.6. The van der Waals surface area contributed by atoms with Crippen LogP contribution < -0.4 is 31.8 Å². The lowest BCUT2D eigenvalue weighted by Crippen LogP contribution is -3.00. The van der Waals surface area contributed by atoms with Crippen LogP contribution in [-0.4, -0.2) is 124 Å². The predicted octanol–water partition coefficient (Wildman–Crippen LogP) is 14.1. The molecule has 0 radical (unpaired) electrons. The van der Waals surface area contributed by atoms with Gasteiger partial charge in [-0.2, -0.15) is 0 Å². The number of nitro benzene ring substituents is 6. The highest BCUT2D eigenvalue weighted by Crippen LogP contribution is 2.55. The van der Waals surface area contributed by atoms with Crippen molar-refractivity contribution in [3.8, 4) is 0 Å². The molecule has 5 rings (SSSR count). The van der Waals surface area contributed by atoms with Crippen molar-refractivity contribution in [3.05, 3.63) is 162 Å². The van der Waals surface area contributed by atoms with Gasteiger partial charge in [0.25, 0.3) is 34.1 Å². The summed E-state index contributed by atoms with van der Waals surface area (Å²) in [6.45, 7) is 14.4. The average molecular weight is 1500 g/mol. The molecule has 0 saturated carbocycles. The fraction of sp³-hybridized carbons (Fsp3) is 0.568. The molecule has 29 heteroatoms. The first-order valence-corrected chi connectivity index (χ1v) is 36.3. The van der Waals surface area contributed by atoms with Gasteiger partial charge in [0.15, 0.2) is 18.9 Å². The Morgan fingerprint density at radius 2 is 0.990 bits per heavy atom. The molecule has 0 fully saturated rings. The summed E-state index contributed by atoms with van der Waals surface area (Å²) in [6.07, 6.45) is 33.0. The largest absolute Gasteiger partial charge is 1.00 e. The van der Waals surface area contributed by atoms with Crippen molar-refractivity contribution in [1.82, 2.24) is 5.32 Å². The maximum atomic E-state index is 12.8. The van der Waals surface area contributed by atoms with Crippen LogP contribution >= 0.6 is 0 Å². The van der Waals surface area contributed by atoms with Gasteiger partial charge in [0, 0.05) is 81.6 Å². The van der Waals surface area contributed by atoms with Crippen molar-refractivity contribution < 1.29 is 79.4 Å². The normalized spacial score (nSPS) is 11.4. The van der Waals surface area contributed by atoms with E-state index in [4.69, 9.17) is 9.47 Å². The molecule has 0 spiro atoms. The van der Waals surface area contributed by atoms with E-state index in [9.17, 15) is 75.1 Å². The number of hydrogen-bond donors (Lipinski definition) is 1. The van der Waals surface area contributed by atoms with Crippen molar-refractivity contribution in [1.29, 1.82) is 0 Å². The molecule has 1 heterocycles. The number of nitro groups is 6. The van der Waals surface area contributed by atoms with Gasteiger partial charge < -0.3 is 46.5 Å². The molecule has 564 valence electrons. The number of nitrogens with zero attached hydrogens (tertiary/aromatic N) is 10. The molecule has 0 bridgehead atoms. The number of non-ortho nitro benzene ring substituents is 1. The van der Waals surface area contributed by atoms with Gasteiger partial charge in [0.1, 0.15) is 23.7 Å². The van der Waals surface area contributed by atoms with Crippen molar-refractivity contribution in [2.45, 2.75) is 201 Å². The summed E-state index contributed by atoms with van der Waals surface area (Å²) in [5, 5.41) is 80.4. The molecule has 5 aromatic rings. The van der Waals surface area contributed by atoms with Gasteiger partial charge in [-0.3, -0.25) is 75.1 Å². The molecule has 0 aliphatic carbocycles. The number of unbranched alkanes of at least 4 members (excludes halogenated alkanes) is 18. The maximum Gasteiger partial charge on any atom is 0.286 e. The monoisotopic (exact) mass is 1500 g/mol. The lowest BCUT2D eigenvalue weighted by Gasteiger charge is -2.35. The number of aromatic nitrogens is 1. The van der Waals surface area contributed by atoms with Crippen LogP contribution in [0.4, 0.5) is 51.2 Å². The zero-order valence-electron chi connectivity index (χ0n) is 60.3. The number of carbonyl (C=O) groups is 3. The average Bonchev–Trinajstić information content (AvgIpc) is 0.760.